The van der Waals surface area contributed by atoms with E-state index in [1.54, 1.807) is 13.4 Å². The Balaban J connectivity index is 1.97. The number of nitrogens with one attached hydrogen (secondary N) is 1. The molecule has 0 spiro atoms. The maximum Gasteiger partial charge on any atom is 0.122 e. The first-order chi connectivity index (χ1) is 9.72. The summed E-state index contributed by atoms with van der Waals surface area (Å²) in [5.41, 5.74) is 2.47. The van der Waals surface area contributed by atoms with Crippen molar-refractivity contribution in [2.75, 3.05) is 21.2 Å². The molecule has 4 heteroatoms. The highest BCUT2D eigenvalue weighted by Gasteiger charge is 2.09. The van der Waals surface area contributed by atoms with Gasteiger partial charge < -0.3 is 14.5 Å². The number of rotatable bonds is 7. The van der Waals surface area contributed by atoms with Crippen LogP contribution >= 0.6 is 0 Å². The molecule has 1 aromatic carbocycles. The van der Waals surface area contributed by atoms with Crippen molar-refractivity contribution >= 4 is 0 Å². The summed E-state index contributed by atoms with van der Waals surface area (Å²) < 4.78 is 10.7. The van der Waals surface area contributed by atoms with E-state index in [1.807, 2.05) is 25.2 Å². The van der Waals surface area contributed by atoms with Crippen LogP contribution in [0.1, 0.15) is 16.9 Å². The lowest BCUT2D eigenvalue weighted by molar-refractivity contribution is 0.314. The molecule has 2 aromatic rings. The molecule has 20 heavy (non-hydrogen) atoms. The summed E-state index contributed by atoms with van der Waals surface area (Å²) in [6.45, 7) is 2.50. The standard InChI is InChI=1S/C16H22N2O2/c1-17-10-16-14(7-8-20-16)12-18(2)11-13-5-4-6-15(9-13)19-3/h4-9,17H,10-12H2,1-3H3. The second-order valence-electron chi connectivity index (χ2n) is 4.92. The second kappa shape index (κ2) is 7.12. The third-order valence-corrected chi connectivity index (χ3v) is 3.20. The number of benzene rings is 1. The summed E-state index contributed by atoms with van der Waals surface area (Å²) in [5, 5.41) is 3.12. The molecule has 0 saturated heterocycles. The smallest absolute Gasteiger partial charge is 0.122 e. The molecule has 0 amide bonds. The lowest BCUT2D eigenvalue weighted by Crippen LogP contribution is -2.18. The molecule has 1 N–H and O–H groups in total. The van der Waals surface area contributed by atoms with Crippen LogP contribution < -0.4 is 10.1 Å². The third-order valence-electron chi connectivity index (χ3n) is 3.20. The van der Waals surface area contributed by atoms with E-state index in [0.29, 0.717) is 0 Å². The van der Waals surface area contributed by atoms with Crippen molar-refractivity contribution in [1.29, 1.82) is 0 Å². The first kappa shape index (κ1) is 14.6. The van der Waals surface area contributed by atoms with Gasteiger partial charge in [0, 0.05) is 18.7 Å². The van der Waals surface area contributed by atoms with Gasteiger partial charge in [-0.1, -0.05) is 12.1 Å². The Morgan fingerprint density at radius 1 is 1.25 bits per heavy atom. The molecule has 0 bridgehead atoms. The van der Waals surface area contributed by atoms with Gasteiger partial charge in [-0.2, -0.15) is 0 Å². The van der Waals surface area contributed by atoms with Gasteiger partial charge in [-0.3, -0.25) is 4.90 Å². The summed E-state index contributed by atoms with van der Waals surface area (Å²) in [5.74, 6) is 1.90. The molecule has 0 fully saturated rings. The highest BCUT2D eigenvalue weighted by atomic mass is 16.5. The topological polar surface area (TPSA) is 37.6 Å². The third kappa shape index (κ3) is 3.85. The summed E-state index contributed by atoms with van der Waals surface area (Å²) in [4.78, 5) is 2.26. The van der Waals surface area contributed by atoms with Crippen LogP contribution in [0.5, 0.6) is 5.75 Å². The highest BCUT2D eigenvalue weighted by molar-refractivity contribution is 5.28. The van der Waals surface area contributed by atoms with E-state index in [9.17, 15) is 0 Å². The first-order valence-electron chi connectivity index (χ1n) is 6.74. The van der Waals surface area contributed by atoms with Crippen molar-refractivity contribution in [2.45, 2.75) is 19.6 Å². The molecule has 1 aromatic heterocycles. The lowest BCUT2D eigenvalue weighted by Gasteiger charge is -2.17. The van der Waals surface area contributed by atoms with Crippen LogP contribution in [0.15, 0.2) is 41.0 Å². The van der Waals surface area contributed by atoms with E-state index in [1.165, 1.54) is 11.1 Å². The van der Waals surface area contributed by atoms with E-state index in [0.717, 1.165) is 31.1 Å². The van der Waals surface area contributed by atoms with Crippen molar-refractivity contribution in [3.63, 3.8) is 0 Å². The molecule has 108 valence electrons. The second-order valence-corrected chi connectivity index (χ2v) is 4.92. The normalized spacial score (nSPS) is 11.0. The van der Waals surface area contributed by atoms with Gasteiger partial charge in [-0.25, -0.2) is 0 Å². The average molecular weight is 274 g/mol. The predicted molar refractivity (Wildman–Crippen MR) is 79.6 cm³/mol. The van der Waals surface area contributed by atoms with Gasteiger partial charge in [-0.05, 0) is 37.9 Å². The van der Waals surface area contributed by atoms with Crippen molar-refractivity contribution < 1.29 is 9.15 Å². The summed E-state index contributed by atoms with van der Waals surface area (Å²) >= 11 is 0. The summed E-state index contributed by atoms with van der Waals surface area (Å²) in [6, 6.07) is 10.2. The van der Waals surface area contributed by atoms with E-state index in [2.05, 4.69) is 29.4 Å². The molecule has 0 aliphatic carbocycles. The largest absolute Gasteiger partial charge is 0.497 e. The van der Waals surface area contributed by atoms with E-state index in [-0.39, 0.29) is 0 Å². The quantitative estimate of drug-likeness (QED) is 0.842. The lowest BCUT2D eigenvalue weighted by atomic mass is 10.2. The first-order valence-corrected chi connectivity index (χ1v) is 6.74. The summed E-state index contributed by atoms with van der Waals surface area (Å²) in [7, 11) is 5.72. The van der Waals surface area contributed by atoms with Gasteiger partial charge in [0.25, 0.3) is 0 Å². The molecule has 4 nitrogen and oxygen atoms in total. The van der Waals surface area contributed by atoms with Crippen LogP contribution in [-0.2, 0) is 19.6 Å². The molecular formula is C16H22N2O2. The van der Waals surface area contributed by atoms with Crippen LogP contribution in [-0.4, -0.2) is 26.1 Å². The zero-order valence-corrected chi connectivity index (χ0v) is 12.3. The van der Waals surface area contributed by atoms with Crippen LogP contribution in [0.4, 0.5) is 0 Å². The summed E-state index contributed by atoms with van der Waals surface area (Å²) in [6.07, 6.45) is 1.75. The maximum atomic E-state index is 5.48. The zero-order valence-electron chi connectivity index (χ0n) is 12.3. The van der Waals surface area contributed by atoms with E-state index in [4.69, 9.17) is 9.15 Å². The molecule has 0 saturated carbocycles. The van der Waals surface area contributed by atoms with E-state index < -0.39 is 0 Å². The minimum absolute atomic E-state index is 0.759. The molecule has 0 atom stereocenters. The number of furan rings is 1. The van der Waals surface area contributed by atoms with Gasteiger partial charge in [0.2, 0.25) is 0 Å². The Bertz CT molecular complexity index is 537. The Morgan fingerprint density at radius 3 is 2.85 bits per heavy atom. The van der Waals surface area contributed by atoms with Crippen molar-refractivity contribution in [1.82, 2.24) is 10.2 Å². The Hall–Kier alpha value is -1.78. The Labute approximate surface area is 120 Å². The molecule has 0 radical (unpaired) electrons. The highest BCUT2D eigenvalue weighted by Crippen LogP contribution is 2.17. The SMILES string of the molecule is CNCc1occc1CN(C)Cc1cccc(OC)c1. The van der Waals surface area contributed by atoms with Crippen molar-refractivity contribution in [3.8, 4) is 5.75 Å². The molecular weight excluding hydrogens is 252 g/mol. The maximum absolute atomic E-state index is 5.48. The van der Waals surface area contributed by atoms with Crippen LogP contribution in [0.25, 0.3) is 0 Å². The number of methoxy groups -OCH3 is 1. The fraction of sp³-hybridized carbons (Fsp3) is 0.375. The van der Waals surface area contributed by atoms with Crippen LogP contribution in [0.3, 0.4) is 0 Å². The monoisotopic (exact) mass is 274 g/mol. The molecule has 0 aliphatic heterocycles. The number of hydrogen-bond donors (Lipinski definition) is 1. The van der Waals surface area contributed by atoms with Gasteiger partial charge in [0.1, 0.15) is 11.5 Å². The molecule has 0 unspecified atom stereocenters. The Morgan fingerprint density at radius 2 is 2.10 bits per heavy atom. The van der Waals surface area contributed by atoms with Gasteiger partial charge in [0.15, 0.2) is 0 Å². The van der Waals surface area contributed by atoms with Gasteiger partial charge >= 0.3 is 0 Å². The zero-order chi connectivity index (χ0) is 14.4. The predicted octanol–water partition coefficient (Wildman–Crippen LogP) is 2.64. The van der Waals surface area contributed by atoms with Crippen molar-refractivity contribution in [3.05, 3.63) is 53.5 Å². The minimum atomic E-state index is 0.759. The van der Waals surface area contributed by atoms with Crippen molar-refractivity contribution in [2.24, 2.45) is 0 Å². The molecule has 1 heterocycles. The number of nitrogens with zero attached hydrogens (tertiary/aromatic N) is 1. The van der Waals surface area contributed by atoms with Crippen LogP contribution in [0.2, 0.25) is 0 Å². The fourth-order valence-electron chi connectivity index (χ4n) is 2.25. The van der Waals surface area contributed by atoms with E-state index >= 15 is 0 Å². The fourth-order valence-corrected chi connectivity index (χ4v) is 2.25. The Kier molecular flexibility index (Phi) is 5.21. The average Bonchev–Trinajstić information content (AvgIpc) is 2.86. The minimum Gasteiger partial charge on any atom is -0.497 e. The molecule has 2 rings (SSSR count). The van der Waals surface area contributed by atoms with Crippen LogP contribution in [0, 0.1) is 0 Å². The molecule has 0 aliphatic rings. The van der Waals surface area contributed by atoms with Gasteiger partial charge in [-0.15, -0.1) is 0 Å². The number of hydrogen-bond acceptors (Lipinski definition) is 4. The van der Waals surface area contributed by atoms with Gasteiger partial charge in [0.05, 0.1) is 19.9 Å². The number of ether oxygens (including phenoxy) is 1.